The van der Waals surface area contributed by atoms with Crippen molar-refractivity contribution in [1.29, 1.82) is 0 Å². The number of nitrogens with zero attached hydrogens (tertiary/aromatic N) is 1. The number of phenols is 1. The number of carbonyl (C=O) groups excluding carboxylic acids is 1. The quantitative estimate of drug-likeness (QED) is 0.446. The summed E-state index contributed by atoms with van der Waals surface area (Å²) in [5.74, 6) is -2.74. The summed E-state index contributed by atoms with van der Waals surface area (Å²) < 4.78 is 12.9. The summed E-state index contributed by atoms with van der Waals surface area (Å²) in [5, 5.41) is 19.3. The first-order valence-corrected chi connectivity index (χ1v) is 3.61. The topological polar surface area (TPSA) is 80.4 Å². The van der Waals surface area contributed by atoms with Crippen molar-refractivity contribution < 1.29 is 19.2 Å². The first-order chi connectivity index (χ1) is 6.43. The summed E-state index contributed by atoms with van der Waals surface area (Å²) in [6.45, 7) is 1.15. The van der Waals surface area contributed by atoms with Crippen molar-refractivity contribution in [2.75, 3.05) is 0 Å². The van der Waals surface area contributed by atoms with E-state index in [1.165, 1.54) is 0 Å². The van der Waals surface area contributed by atoms with Crippen molar-refractivity contribution in [1.82, 2.24) is 0 Å². The van der Waals surface area contributed by atoms with Gasteiger partial charge < -0.3 is 5.11 Å². The van der Waals surface area contributed by atoms with E-state index in [0.717, 1.165) is 19.1 Å². The molecule has 0 aliphatic heterocycles. The van der Waals surface area contributed by atoms with Crippen molar-refractivity contribution in [2.45, 2.75) is 6.92 Å². The van der Waals surface area contributed by atoms with E-state index in [-0.39, 0.29) is 5.56 Å². The lowest BCUT2D eigenvalue weighted by molar-refractivity contribution is -0.386. The van der Waals surface area contributed by atoms with E-state index in [1.807, 2.05) is 0 Å². The molecule has 1 aromatic rings. The second-order valence-corrected chi connectivity index (χ2v) is 2.64. The molecule has 0 aromatic heterocycles. The molecule has 0 spiro atoms. The van der Waals surface area contributed by atoms with Crippen LogP contribution in [0.2, 0.25) is 0 Å². The van der Waals surface area contributed by atoms with Crippen molar-refractivity contribution in [3.05, 3.63) is 33.6 Å². The molecular weight excluding hydrogens is 193 g/mol. The van der Waals surface area contributed by atoms with Gasteiger partial charge in [0.15, 0.2) is 11.6 Å². The average Bonchev–Trinajstić information content (AvgIpc) is 2.08. The van der Waals surface area contributed by atoms with Crippen LogP contribution in [0.3, 0.4) is 0 Å². The largest absolute Gasteiger partial charge is 0.500 e. The van der Waals surface area contributed by atoms with Gasteiger partial charge in [-0.1, -0.05) is 0 Å². The Labute approximate surface area is 77.9 Å². The van der Waals surface area contributed by atoms with Crippen LogP contribution in [0.5, 0.6) is 5.75 Å². The summed E-state index contributed by atoms with van der Waals surface area (Å²) in [5.41, 5.74) is -0.956. The highest BCUT2D eigenvalue weighted by Crippen LogP contribution is 2.29. The summed E-state index contributed by atoms with van der Waals surface area (Å²) >= 11 is 0. The minimum Gasteiger partial charge on any atom is -0.500 e. The molecule has 0 aliphatic rings. The number of hydrogen-bond donors (Lipinski definition) is 1. The number of rotatable bonds is 2. The Balaban J connectivity index is 3.43. The van der Waals surface area contributed by atoms with Crippen LogP contribution in [0, 0.1) is 15.9 Å². The maximum atomic E-state index is 12.9. The second kappa shape index (κ2) is 3.41. The molecule has 6 heteroatoms. The first-order valence-electron chi connectivity index (χ1n) is 3.61. The molecule has 0 heterocycles. The molecule has 0 amide bonds. The van der Waals surface area contributed by atoms with E-state index in [9.17, 15) is 19.3 Å². The van der Waals surface area contributed by atoms with Crippen LogP contribution in [-0.4, -0.2) is 15.8 Å². The van der Waals surface area contributed by atoms with Gasteiger partial charge in [-0.25, -0.2) is 4.39 Å². The zero-order valence-corrected chi connectivity index (χ0v) is 7.15. The summed E-state index contributed by atoms with van der Waals surface area (Å²) in [6.07, 6.45) is 0. The number of carbonyl (C=O) groups is 1. The molecule has 0 radical (unpaired) electrons. The molecule has 0 saturated carbocycles. The molecule has 5 nitrogen and oxygen atoms in total. The highest BCUT2D eigenvalue weighted by Gasteiger charge is 2.20. The smallest absolute Gasteiger partial charge is 0.314 e. The average molecular weight is 199 g/mol. The van der Waals surface area contributed by atoms with Gasteiger partial charge in [0, 0.05) is 11.6 Å². The molecule has 0 atom stereocenters. The molecule has 0 saturated heterocycles. The van der Waals surface area contributed by atoms with Gasteiger partial charge in [-0.05, 0) is 13.0 Å². The normalized spacial score (nSPS) is 9.86. The van der Waals surface area contributed by atoms with Gasteiger partial charge in [0.25, 0.3) is 0 Å². The lowest BCUT2D eigenvalue weighted by Gasteiger charge is -2.00. The molecular formula is C8H6FNO4. The number of nitro groups is 1. The van der Waals surface area contributed by atoms with Gasteiger partial charge in [0.1, 0.15) is 0 Å². The fraction of sp³-hybridized carbons (Fsp3) is 0.125. The van der Waals surface area contributed by atoms with Crippen LogP contribution in [0.4, 0.5) is 10.1 Å². The van der Waals surface area contributed by atoms with E-state index in [4.69, 9.17) is 5.11 Å². The fourth-order valence-electron chi connectivity index (χ4n) is 0.927. The molecule has 0 fully saturated rings. The number of ketones is 1. The molecule has 1 rings (SSSR count). The lowest BCUT2D eigenvalue weighted by Crippen LogP contribution is -1.97. The second-order valence-electron chi connectivity index (χ2n) is 2.64. The van der Waals surface area contributed by atoms with E-state index in [0.29, 0.717) is 0 Å². The highest BCUT2D eigenvalue weighted by atomic mass is 19.1. The maximum absolute atomic E-state index is 12.9. The maximum Gasteiger partial charge on any atom is 0.314 e. The standard InChI is InChI=1S/C8H6FNO4/c1-4(11)5-2-6(9)8(12)7(3-5)10(13)14/h2-3,12H,1H3. The summed E-state index contributed by atoms with van der Waals surface area (Å²) in [7, 11) is 0. The third-order valence-corrected chi connectivity index (χ3v) is 1.65. The number of aromatic hydroxyl groups is 1. The van der Waals surface area contributed by atoms with Crippen molar-refractivity contribution in [2.24, 2.45) is 0 Å². The number of Topliss-reactive ketones (excluding diaryl/α,β-unsaturated/α-hetero) is 1. The zero-order chi connectivity index (χ0) is 10.9. The van der Waals surface area contributed by atoms with Gasteiger partial charge in [-0.2, -0.15) is 0 Å². The van der Waals surface area contributed by atoms with E-state index in [2.05, 4.69) is 0 Å². The van der Waals surface area contributed by atoms with Crippen LogP contribution in [0.1, 0.15) is 17.3 Å². The first kappa shape index (κ1) is 10.1. The van der Waals surface area contributed by atoms with E-state index in [1.54, 1.807) is 0 Å². The van der Waals surface area contributed by atoms with Crippen LogP contribution >= 0.6 is 0 Å². The Morgan fingerprint density at radius 1 is 1.57 bits per heavy atom. The third-order valence-electron chi connectivity index (χ3n) is 1.65. The predicted octanol–water partition coefficient (Wildman–Crippen LogP) is 1.64. The minimum atomic E-state index is -1.18. The van der Waals surface area contributed by atoms with E-state index < -0.39 is 28.0 Å². The SMILES string of the molecule is CC(=O)c1cc(F)c(O)c([N+](=O)[O-])c1. The minimum absolute atomic E-state index is 0.146. The number of phenolic OH excluding ortho intramolecular Hbond substituents is 1. The van der Waals surface area contributed by atoms with Gasteiger partial charge in [-0.3, -0.25) is 14.9 Å². The molecule has 14 heavy (non-hydrogen) atoms. The molecule has 1 aromatic carbocycles. The Hall–Kier alpha value is -1.98. The van der Waals surface area contributed by atoms with Crippen molar-refractivity contribution in [3.8, 4) is 5.75 Å². The summed E-state index contributed by atoms with van der Waals surface area (Å²) in [4.78, 5) is 20.2. The number of halogens is 1. The monoisotopic (exact) mass is 199 g/mol. The summed E-state index contributed by atoms with van der Waals surface area (Å²) in [6, 6.07) is 1.59. The highest BCUT2D eigenvalue weighted by molar-refractivity contribution is 5.95. The zero-order valence-electron chi connectivity index (χ0n) is 7.15. The van der Waals surface area contributed by atoms with E-state index >= 15 is 0 Å². The number of benzene rings is 1. The lowest BCUT2D eigenvalue weighted by atomic mass is 10.1. The number of hydrogen-bond acceptors (Lipinski definition) is 4. The van der Waals surface area contributed by atoms with Crippen LogP contribution in [0.15, 0.2) is 12.1 Å². The molecule has 0 unspecified atom stereocenters. The molecule has 0 aliphatic carbocycles. The van der Waals surface area contributed by atoms with Crippen molar-refractivity contribution >= 4 is 11.5 Å². The Bertz CT molecular complexity index is 416. The van der Waals surface area contributed by atoms with Crippen LogP contribution < -0.4 is 0 Å². The van der Waals surface area contributed by atoms with Crippen LogP contribution in [-0.2, 0) is 0 Å². The predicted molar refractivity (Wildman–Crippen MR) is 44.7 cm³/mol. The molecule has 1 N–H and O–H groups in total. The van der Waals surface area contributed by atoms with Crippen molar-refractivity contribution in [3.63, 3.8) is 0 Å². The molecule has 0 bridgehead atoms. The van der Waals surface area contributed by atoms with Gasteiger partial charge in [0.05, 0.1) is 4.92 Å². The molecule has 74 valence electrons. The van der Waals surface area contributed by atoms with Gasteiger partial charge >= 0.3 is 5.69 Å². The Morgan fingerprint density at radius 3 is 2.57 bits per heavy atom. The fourth-order valence-corrected chi connectivity index (χ4v) is 0.927. The Kier molecular flexibility index (Phi) is 2.46. The van der Waals surface area contributed by atoms with Gasteiger partial charge in [-0.15, -0.1) is 0 Å². The van der Waals surface area contributed by atoms with Crippen LogP contribution in [0.25, 0.3) is 0 Å². The third kappa shape index (κ3) is 1.68. The number of nitro benzene ring substituents is 1. The Morgan fingerprint density at radius 2 is 2.14 bits per heavy atom. The van der Waals surface area contributed by atoms with Gasteiger partial charge in [0.2, 0.25) is 5.75 Å².